The predicted molar refractivity (Wildman–Crippen MR) is 198 cm³/mol. The van der Waals surface area contributed by atoms with E-state index in [1.165, 1.54) is 22.7 Å². The van der Waals surface area contributed by atoms with E-state index in [2.05, 4.69) is 31.2 Å². The van der Waals surface area contributed by atoms with Crippen molar-refractivity contribution >= 4 is 46.7 Å². The summed E-state index contributed by atoms with van der Waals surface area (Å²) in [7, 11) is 0. The Kier molecular flexibility index (Phi) is 15.5. The molecular weight excluding hydrogens is 705 g/mol. The number of aliphatic hydroxyl groups excluding tert-OH is 1. The average molecular weight is 751 g/mol. The highest BCUT2D eigenvalue weighted by Crippen LogP contribution is 2.16. The van der Waals surface area contributed by atoms with Crippen LogP contribution >= 0.6 is 22.7 Å². The zero-order valence-corrected chi connectivity index (χ0v) is 31.2. The summed E-state index contributed by atoms with van der Waals surface area (Å²) in [5.41, 5.74) is 1.66. The van der Waals surface area contributed by atoms with Crippen molar-refractivity contribution in [1.82, 2.24) is 31.2 Å². The minimum atomic E-state index is -1.32. The lowest BCUT2D eigenvalue weighted by Gasteiger charge is -2.34. The van der Waals surface area contributed by atoms with Gasteiger partial charge in [-0.1, -0.05) is 88.4 Å². The number of aliphatic hydroxyl groups is 1. The number of carbonyl (C=O) groups excluding carboxylic acids is 4. The first-order chi connectivity index (χ1) is 25.0. The molecular formula is C37H46N6O7S2. The number of rotatable bonds is 18. The van der Waals surface area contributed by atoms with E-state index < -0.39 is 54.3 Å². The van der Waals surface area contributed by atoms with Crippen LogP contribution in [0, 0.1) is 11.8 Å². The minimum Gasteiger partial charge on any atom is -0.442 e. The lowest BCUT2D eigenvalue weighted by molar-refractivity contribution is -0.126. The number of alkyl carbamates (subject to hydrolysis) is 2. The second-order valence-electron chi connectivity index (χ2n) is 12.8. The number of aromatic nitrogens is 2. The van der Waals surface area contributed by atoms with Gasteiger partial charge in [0.1, 0.15) is 35.3 Å². The van der Waals surface area contributed by atoms with Crippen LogP contribution in [0.1, 0.15) is 48.8 Å². The summed E-state index contributed by atoms with van der Waals surface area (Å²) in [6.07, 6.45) is 0.757. The Labute approximate surface area is 311 Å². The highest BCUT2D eigenvalue weighted by molar-refractivity contribution is 7.09. The van der Waals surface area contributed by atoms with Gasteiger partial charge in [-0.05, 0) is 35.8 Å². The van der Waals surface area contributed by atoms with Crippen LogP contribution < -0.4 is 21.3 Å². The highest BCUT2D eigenvalue weighted by Gasteiger charge is 2.36. The summed E-state index contributed by atoms with van der Waals surface area (Å²) >= 11 is 2.68. The van der Waals surface area contributed by atoms with Crippen molar-refractivity contribution in [3.63, 3.8) is 0 Å². The van der Waals surface area contributed by atoms with Crippen molar-refractivity contribution < 1.29 is 33.8 Å². The van der Waals surface area contributed by atoms with Crippen molar-refractivity contribution in [3.8, 4) is 0 Å². The molecule has 5 N–H and O–H groups in total. The summed E-state index contributed by atoms with van der Waals surface area (Å²) in [5, 5.41) is 28.1. The van der Waals surface area contributed by atoms with E-state index in [4.69, 9.17) is 9.47 Å². The van der Waals surface area contributed by atoms with Gasteiger partial charge in [0.15, 0.2) is 0 Å². The number of carbonyl (C=O) groups is 4. The van der Waals surface area contributed by atoms with Crippen molar-refractivity contribution in [1.29, 1.82) is 0 Å². The van der Waals surface area contributed by atoms with E-state index in [-0.39, 0.29) is 37.9 Å². The fourth-order valence-electron chi connectivity index (χ4n) is 5.39. The van der Waals surface area contributed by atoms with Gasteiger partial charge in [0.2, 0.25) is 11.8 Å². The maximum absolute atomic E-state index is 13.9. The van der Waals surface area contributed by atoms with Crippen molar-refractivity contribution in [2.75, 3.05) is 0 Å². The molecule has 0 aliphatic rings. The molecule has 0 aliphatic heterocycles. The number of ether oxygens (including phenoxy) is 2. The second kappa shape index (κ2) is 20.2. The van der Waals surface area contributed by atoms with E-state index in [9.17, 15) is 24.3 Å². The third kappa shape index (κ3) is 12.7. The molecule has 0 aliphatic carbocycles. The molecule has 52 heavy (non-hydrogen) atoms. The van der Waals surface area contributed by atoms with E-state index in [1.54, 1.807) is 50.8 Å². The first kappa shape index (κ1) is 39.9. The third-order valence-electron chi connectivity index (χ3n) is 8.14. The molecule has 0 saturated heterocycles. The maximum atomic E-state index is 13.9. The van der Waals surface area contributed by atoms with Gasteiger partial charge in [-0.3, -0.25) is 9.59 Å². The summed E-state index contributed by atoms with van der Waals surface area (Å²) in [6, 6.07) is 14.8. The Morgan fingerprint density at radius 1 is 0.635 bits per heavy atom. The molecule has 5 atom stereocenters. The summed E-state index contributed by atoms with van der Waals surface area (Å²) in [5.74, 6) is -1.74. The molecule has 0 radical (unpaired) electrons. The molecule has 13 nitrogen and oxygen atoms in total. The van der Waals surface area contributed by atoms with Crippen LogP contribution in [0.15, 0.2) is 83.8 Å². The number of benzene rings is 2. The molecule has 0 fully saturated rings. The molecule has 15 heteroatoms. The molecule has 278 valence electrons. The lowest BCUT2D eigenvalue weighted by atomic mass is 9.91. The largest absolute Gasteiger partial charge is 0.442 e. The second-order valence-corrected chi connectivity index (χ2v) is 14.8. The van der Waals surface area contributed by atoms with Gasteiger partial charge < -0.3 is 35.8 Å². The Balaban J connectivity index is 1.54. The fourth-order valence-corrected chi connectivity index (χ4v) is 6.44. The van der Waals surface area contributed by atoms with Gasteiger partial charge >= 0.3 is 12.2 Å². The average Bonchev–Trinajstić information content (AvgIpc) is 3.86. The Hall–Kier alpha value is -4.86. The standard InChI is InChI=1S/C37H46N6O7S2/c1-23(2)31(42-36(47)49-21-29-38-15-17-51-29)34(45)40-27(19-25-11-7-5-8-12-25)33(44)28(20-26-13-9-6-10-14-26)41-35(46)32(24(3)4)43-37(48)50-22-30-39-16-18-52-30/h5-18,23-24,27-28,31-33,44H,19-22H2,1-4H3,(H,40,45)(H,41,46)(H,42,47)(H,43,48)/t27-,28?,31-,32-,33?/m0/s1. The van der Waals surface area contributed by atoms with Crippen molar-refractivity contribution in [3.05, 3.63) is 105 Å². The molecule has 2 unspecified atom stereocenters. The van der Waals surface area contributed by atoms with Gasteiger partial charge in [0.25, 0.3) is 0 Å². The number of hydrogen-bond acceptors (Lipinski definition) is 11. The predicted octanol–water partition coefficient (Wildman–Crippen LogP) is 4.62. The van der Waals surface area contributed by atoms with Crippen LogP contribution in [-0.2, 0) is 45.1 Å². The molecule has 0 bridgehead atoms. The van der Waals surface area contributed by atoms with E-state index >= 15 is 0 Å². The molecule has 0 spiro atoms. The SMILES string of the molecule is CC(C)[C@H](NC(=O)OCc1nccs1)C(=O)NC(Cc1ccccc1)C(O)[C@H](Cc1ccccc1)NC(=O)[C@@H](NC(=O)OCc1nccs1)C(C)C. The van der Waals surface area contributed by atoms with Gasteiger partial charge in [-0.15, -0.1) is 22.7 Å². The lowest BCUT2D eigenvalue weighted by Crippen LogP contribution is -2.61. The first-order valence-electron chi connectivity index (χ1n) is 17.0. The van der Waals surface area contributed by atoms with Crippen LogP contribution in [0.2, 0.25) is 0 Å². The van der Waals surface area contributed by atoms with Crippen molar-refractivity contribution in [2.24, 2.45) is 11.8 Å². The Morgan fingerprint density at radius 2 is 1.02 bits per heavy atom. The number of nitrogens with one attached hydrogen (secondary N) is 4. The number of thiazole rings is 2. The summed E-state index contributed by atoms with van der Waals surface area (Å²) in [6.45, 7) is 7.06. The summed E-state index contributed by atoms with van der Waals surface area (Å²) < 4.78 is 10.6. The van der Waals surface area contributed by atoms with Crippen LogP contribution in [0.5, 0.6) is 0 Å². The van der Waals surface area contributed by atoms with Gasteiger partial charge in [0.05, 0.1) is 18.2 Å². The smallest absolute Gasteiger partial charge is 0.408 e. The monoisotopic (exact) mass is 750 g/mol. The number of hydrogen-bond donors (Lipinski definition) is 5. The summed E-state index contributed by atoms with van der Waals surface area (Å²) in [4.78, 5) is 61.4. The number of nitrogens with zero attached hydrogens (tertiary/aromatic N) is 2. The molecule has 4 aromatic rings. The molecule has 4 rings (SSSR count). The van der Waals surface area contributed by atoms with Crippen molar-refractivity contribution in [2.45, 2.75) is 84.0 Å². The van der Waals surface area contributed by atoms with Crippen LogP contribution in [-0.4, -0.2) is 69.3 Å². The quantitative estimate of drug-likeness (QED) is 0.0970. The van der Waals surface area contributed by atoms with Crippen LogP contribution in [0.4, 0.5) is 9.59 Å². The fraction of sp³-hybridized carbons (Fsp3) is 0.405. The molecule has 2 aromatic heterocycles. The normalized spacial score (nSPS) is 14.1. The van der Waals surface area contributed by atoms with E-state index in [0.29, 0.717) is 10.0 Å². The molecule has 2 aromatic carbocycles. The molecule has 0 saturated carbocycles. The topological polar surface area (TPSA) is 181 Å². The van der Waals surface area contributed by atoms with Gasteiger partial charge in [0, 0.05) is 23.2 Å². The van der Waals surface area contributed by atoms with Crippen LogP contribution in [0.25, 0.3) is 0 Å². The zero-order valence-electron chi connectivity index (χ0n) is 29.6. The highest BCUT2D eigenvalue weighted by atomic mass is 32.1. The van der Waals surface area contributed by atoms with E-state index in [1.807, 2.05) is 60.7 Å². The molecule has 2 heterocycles. The minimum absolute atomic E-state index is 0.0397. The van der Waals surface area contributed by atoms with Gasteiger partial charge in [-0.2, -0.15) is 0 Å². The van der Waals surface area contributed by atoms with Crippen LogP contribution in [0.3, 0.4) is 0 Å². The molecule has 4 amide bonds. The third-order valence-corrected chi connectivity index (χ3v) is 9.65. The maximum Gasteiger partial charge on any atom is 0.408 e. The zero-order chi connectivity index (χ0) is 37.5. The first-order valence-corrected chi connectivity index (χ1v) is 18.8. The van der Waals surface area contributed by atoms with E-state index in [0.717, 1.165) is 11.1 Å². The van der Waals surface area contributed by atoms with Gasteiger partial charge in [-0.25, -0.2) is 19.6 Å². The Bertz CT molecular complexity index is 1550. The number of amides is 4. The Morgan fingerprint density at radius 3 is 1.35 bits per heavy atom.